The molecule has 1 aromatic carbocycles. The first-order valence-electron chi connectivity index (χ1n) is 6.15. The van der Waals surface area contributed by atoms with Crippen LogP contribution in [0.2, 0.25) is 0 Å². The average molecular weight is 330 g/mol. The van der Waals surface area contributed by atoms with E-state index in [0.717, 1.165) is 21.4 Å². The molecule has 0 aliphatic heterocycles. The van der Waals surface area contributed by atoms with Crippen molar-refractivity contribution in [2.75, 3.05) is 5.32 Å². The van der Waals surface area contributed by atoms with Crippen LogP contribution in [-0.4, -0.2) is 15.3 Å². The molecule has 0 saturated carbocycles. The number of nitrogens with one attached hydrogen (secondary N) is 1. The molecule has 5 heteroatoms. The Morgan fingerprint density at radius 3 is 2.90 bits per heavy atom. The Balaban J connectivity index is 1.91. The lowest BCUT2D eigenvalue weighted by Crippen LogP contribution is -2.12. The molecule has 0 aliphatic rings. The minimum atomic E-state index is -0.224. The van der Waals surface area contributed by atoms with Gasteiger partial charge in [0.2, 0.25) is 0 Å². The number of benzene rings is 1. The first-order chi connectivity index (χ1) is 9.63. The zero-order valence-electron chi connectivity index (χ0n) is 10.8. The van der Waals surface area contributed by atoms with Crippen LogP contribution in [-0.2, 0) is 0 Å². The number of aromatic nitrogens is 2. The number of nitrogens with zero attached hydrogens (tertiary/aromatic N) is 2. The quantitative estimate of drug-likeness (QED) is 0.779. The van der Waals surface area contributed by atoms with Crippen molar-refractivity contribution in [3.63, 3.8) is 0 Å². The van der Waals surface area contributed by atoms with Gasteiger partial charge in [-0.25, -0.2) is 4.98 Å². The number of hydrogen-bond acceptors (Lipinski definition) is 2. The van der Waals surface area contributed by atoms with Crippen molar-refractivity contribution in [3.8, 4) is 0 Å². The number of carbonyl (C=O) groups is 1. The van der Waals surface area contributed by atoms with E-state index in [1.54, 1.807) is 6.20 Å². The summed E-state index contributed by atoms with van der Waals surface area (Å²) in [5.74, 6) is -0.224. The fourth-order valence-corrected chi connectivity index (χ4v) is 2.33. The zero-order valence-corrected chi connectivity index (χ0v) is 12.4. The molecule has 0 bridgehead atoms. The number of carbonyl (C=O) groups excluding carboxylic acids is 1. The summed E-state index contributed by atoms with van der Waals surface area (Å²) in [5.41, 5.74) is 3.00. The Morgan fingerprint density at radius 2 is 2.10 bits per heavy atom. The second-order valence-electron chi connectivity index (χ2n) is 4.53. The molecule has 20 heavy (non-hydrogen) atoms. The first-order valence-corrected chi connectivity index (χ1v) is 6.94. The summed E-state index contributed by atoms with van der Waals surface area (Å²) in [5, 5.41) is 2.84. The van der Waals surface area contributed by atoms with Gasteiger partial charge >= 0.3 is 0 Å². The standard InChI is InChI=1S/C15H12BrN3O/c1-10-6-7-19-9-13(17-14(19)8-10)15(20)18-12-5-3-2-4-11(12)16/h2-9H,1H3,(H,18,20). The summed E-state index contributed by atoms with van der Waals surface area (Å²) in [6.07, 6.45) is 3.62. The van der Waals surface area contributed by atoms with Crippen molar-refractivity contribution in [2.45, 2.75) is 6.92 Å². The molecule has 4 nitrogen and oxygen atoms in total. The number of anilines is 1. The highest BCUT2D eigenvalue weighted by atomic mass is 79.9. The van der Waals surface area contributed by atoms with E-state index in [9.17, 15) is 4.79 Å². The summed E-state index contributed by atoms with van der Waals surface area (Å²) in [6, 6.07) is 11.4. The van der Waals surface area contributed by atoms with E-state index in [1.165, 1.54) is 0 Å². The van der Waals surface area contributed by atoms with Gasteiger partial charge in [-0.3, -0.25) is 4.79 Å². The maximum Gasteiger partial charge on any atom is 0.275 e. The summed E-state index contributed by atoms with van der Waals surface area (Å²) in [4.78, 5) is 16.5. The lowest BCUT2D eigenvalue weighted by atomic mass is 10.3. The van der Waals surface area contributed by atoms with E-state index in [-0.39, 0.29) is 5.91 Å². The van der Waals surface area contributed by atoms with E-state index >= 15 is 0 Å². The SMILES string of the molecule is Cc1ccn2cc(C(=O)Nc3ccccc3Br)nc2c1. The molecule has 3 rings (SSSR count). The zero-order chi connectivity index (χ0) is 14.1. The van der Waals surface area contributed by atoms with Crippen LogP contribution in [0.5, 0.6) is 0 Å². The van der Waals surface area contributed by atoms with Gasteiger partial charge in [-0.2, -0.15) is 0 Å². The third-order valence-corrected chi connectivity index (χ3v) is 3.66. The fourth-order valence-electron chi connectivity index (χ4n) is 1.94. The second kappa shape index (κ2) is 5.09. The van der Waals surface area contributed by atoms with Crippen LogP contribution in [0.4, 0.5) is 5.69 Å². The maximum atomic E-state index is 12.2. The Kier molecular flexibility index (Phi) is 3.28. The number of hydrogen-bond donors (Lipinski definition) is 1. The van der Waals surface area contributed by atoms with Gasteiger partial charge in [-0.15, -0.1) is 0 Å². The molecule has 1 amide bonds. The summed E-state index contributed by atoms with van der Waals surface area (Å²) in [6.45, 7) is 2.00. The predicted molar refractivity (Wildman–Crippen MR) is 82.0 cm³/mol. The molecule has 0 aliphatic carbocycles. The van der Waals surface area contributed by atoms with Crippen molar-refractivity contribution < 1.29 is 4.79 Å². The maximum absolute atomic E-state index is 12.2. The van der Waals surface area contributed by atoms with Crippen LogP contribution in [0.1, 0.15) is 16.1 Å². The highest BCUT2D eigenvalue weighted by molar-refractivity contribution is 9.10. The number of amides is 1. The van der Waals surface area contributed by atoms with Gasteiger partial charge in [0.05, 0.1) is 5.69 Å². The van der Waals surface area contributed by atoms with Gasteiger partial charge in [-0.1, -0.05) is 12.1 Å². The monoisotopic (exact) mass is 329 g/mol. The summed E-state index contributed by atoms with van der Waals surface area (Å²) < 4.78 is 2.68. The average Bonchev–Trinajstić information content (AvgIpc) is 2.84. The minimum absolute atomic E-state index is 0.224. The number of imidazole rings is 1. The molecule has 2 aromatic heterocycles. The predicted octanol–water partition coefficient (Wildman–Crippen LogP) is 3.66. The fraction of sp³-hybridized carbons (Fsp3) is 0.0667. The normalized spacial score (nSPS) is 10.7. The largest absolute Gasteiger partial charge is 0.320 e. The first kappa shape index (κ1) is 12.9. The highest BCUT2D eigenvalue weighted by Gasteiger charge is 2.12. The molecule has 1 N–H and O–H groups in total. The van der Waals surface area contributed by atoms with Crippen LogP contribution in [0.15, 0.2) is 53.3 Å². The van der Waals surface area contributed by atoms with Crippen molar-refractivity contribution >= 4 is 33.2 Å². The molecule has 100 valence electrons. The molecule has 0 unspecified atom stereocenters. The third-order valence-electron chi connectivity index (χ3n) is 2.97. The summed E-state index contributed by atoms with van der Waals surface area (Å²) >= 11 is 3.40. The molecule has 0 radical (unpaired) electrons. The van der Waals surface area contributed by atoms with Gasteiger partial charge in [0.15, 0.2) is 0 Å². The van der Waals surface area contributed by atoms with Gasteiger partial charge in [0.1, 0.15) is 11.3 Å². The van der Waals surface area contributed by atoms with E-state index in [4.69, 9.17) is 0 Å². The van der Waals surface area contributed by atoms with Gasteiger partial charge < -0.3 is 9.72 Å². The van der Waals surface area contributed by atoms with E-state index in [2.05, 4.69) is 26.2 Å². The van der Waals surface area contributed by atoms with Crippen LogP contribution < -0.4 is 5.32 Å². The van der Waals surface area contributed by atoms with Crippen LogP contribution in [0, 0.1) is 6.92 Å². The topological polar surface area (TPSA) is 46.4 Å². The number of pyridine rings is 1. The van der Waals surface area contributed by atoms with E-state index < -0.39 is 0 Å². The molecule has 2 heterocycles. The molecule has 0 spiro atoms. The van der Waals surface area contributed by atoms with Crippen LogP contribution in [0.25, 0.3) is 5.65 Å². The molecule has 0 atom stereocenters. The van der Waals surface area contributed by atoms with Crippen molar-refractivity contribution in [2.24, 2.45) is 0 Å². The van der Waals surface area contributed by atoms with Crippen molar-refractivity contribution in [1.29, 1.82) is 0 Å². The number of para-hydroxylation sites is 1. The lowest BCUT2D eigenvalue weighted by Gasteiger charge is -2.04. The van der Waals surface area contributed by atoms with Gasteiger partial charge in [0.25, 0.3) is 5.91 Å². The summed E-state index contributed by atoms with van der Waals surface area (Å²) in [7, 11) is 0. The third kappa shape index (κ3) is 2.44. The Hall–Kier alpha value is -2.14. The van der Waals surface area contributed by atoms with Crippen LogP contribution in [0.3, 0.4) is 0 Å². The number of aryl methyl sites for hydroxylation is 1. The number of fused-ring (bicyclic) bond motifs is 1. The van der Waals surface area contributed by atoms with Crippen LogP contribution >= 0.6 is 15.9 Å². The van der Waals surface area contributed by atoms with Crippen molar-refractivity contribution in [1.82, 2.24) is 9.38 Å². The second-order valence-corrected chi connectivity index (χ2v) is 5.38. The lowest BCUT2D eigenvalue weighted by molar-refractivity contribution is 0.102. The van der Waals surface area contributed by atoms with E-state index in [0.29, 0.717) is 5.69 Å². The number of rotatable bonds is 2. The molecule has 0 saturated heterocycles. The smallest absolute Gasteiger partial charge is 0.275 e. The number of halogens is 1. The van der Waals surface area contributed by atoms with Crippen molar-refractivity contribution in [3.05, 3.63) is 64.5 Å². The Morgan fingerprint density at radius 1 is 1.30 bits per heavy atom. The Labute approximate surface area is 124 Å². The molecular weight excluding hydrogens is 318 g/mol. The molecular formula is C15H12BrN3O. The molecule has 0 fully saturated rings. The Bertz CT molecular complexity index is 795. The molecule has 3 aromatic rings. The minimum Gasteiger partial charge on any atom is -0.320 e. The highest BCUT2D eigenvalue weighted by Crippen LogP contribution is 2.21. The van der Waals surface area contributed by atoms with Gasteiger partial charge in [-0.05, 0) is 52.7 Å². The van der Waals surface area contributed by atoms with E-state index in [1.807, 2.05) is 53.9 Å². The van der Waals surface area contributed by atoms with Gasteiger partial charge in [0, 0.05) is 16.9 Å².